The van der Waals surface area contributed by atoms with Gasteiger partial charge in [0.05, 0.1) is 5.69 Å². The lowest BCUT2D eigenvalue weighted by Gasteiger charge is -2.38. The van der Waals surface area contributed by atoms with Gasteiger partial charge in [-0.15, -0.1) is 0 Å². The SMILES string of the molecule is CNCc1cccc(N2CCCC(C)C2C)n1. The van der Waals surface area contributed by atoms with Crippen molar-refractivity contribution < 1.29 is 0 Å². The van der Waals surface area contributed by atoms with Crippen molar-refractivity contribution in [2.24, 2.45) is 5.92 Å². The van der Waals surface area contributed by atoms with Crippen LogP contribution in [0.5, 0.6) is 0 Å². The van der Waals surface area contributed by atoms with Gasteiger partial charge in [0.15, 0.2) is 0 Å². The lowest BCUT2D eigenvalue weighted by Crippen LogP contribution is -2.43. The molecule has 0 radical (unpaired) electrons. The fourth-order valence-electron chi connectivity index (χ4n) is 2.57. The van der Waals surface area contributed by atoms with Gasteiger partial charge in [-0.3, -0.25) is 0 Å². The molecular formula is C14H23N3. The van der Waals surface area contributed by atoms with Gasteiger partial charge >= 0.3 is 0 Å². The van der Waals surface area contributed by atoms with Gasteiger partial charge in [-0.2, -0.15) is 0 Å². The van der Waals surface area contributed by atoms with Gasteiger partial charge in [-0.05, 0) is 44.9 Å². The van der Waals surface area contributed by atoms with E-state index in [0.717, 1.165) is 30.5 Å². The van der Waals surface area contributed by atoms with Gasteiger partial charge in [0, 0.05) is 19.1 Å². The standard InChI is InChI=1S/C14H23N3/c1-11-6-5-9-17(12(11)2)14-8-4-7-13(16-14)10-15-3/h4,7-8,11-12,15H,5-6,9-10H2,1-3H3. The maximum Gasteiger partial charge on any atom is 0.129 e. The Morgan fingerprint density at radius 2 is 2.24 bits per heavy atom. The molecule has 1 N–H and O–H groups in total. The molecule has 2 rings (SSSR count). The molecule has 17 heavy (non-hydrogen) atoms. The number of nitrogens with zero attached hydrogens (tertiary/aromatic N) is 2. The molecule has 1 aromatic rings. The summed E-state index contributed by atoms with van der Waals surface area (Å²) in [5.74, 6) is 1.90. The molecule has 1 aromatic heterocycles. The minimum absolute atomic E-state index is 0.598. The van der Waals surface area contributed by atoms with E-state index < -0.39 is 0 Å². The second-order valence-electron chi connectivity index (χ2n) is 5.07. The van der Waals surface area contributed by atoms with Crippen LogP contribution in [0.25, 0.3) is 0 Å². The zero-order valence-corrected chi connectivity index (χ0v) is 11.1. The maximum absolute atomic E-state index is 4.73. The van der Waals surface area contributed by atoms with Crippen LogP contribution in [0.3, 0.4) is 0 Å². The fraction of sp³-hybridized carbons (Fsp3) is 0.643. The molecule has 0 amide bonds. The molecule has 3 nitrogen and oxygen atoms in total. The number of piperidine rings is 1. The van der Waals surface area contributed by atoms with E-state index in [1.807, 2.05) is 7.05 Å². The second kappa shape index (κ2) is 5.50. The van der Waals surface area contributed by atoms with Crippen molar-refractivity contribution in [3.05, 3.63) is 23.9 Å². The third-order valence-electron chi connectivity index (χ3n) is 3.82. The molecule has 0 aliphatic carbocycles. The largest absolute Gasteiger partial charge is 0.354 e. The Hall–Kier alpha value is -1.09. The summed E-state index contributed by atoms with van der Waals surface area (Å²) < 4.78 is 0. The average Bonchev–Trinajstić information content (AvgIpc) is 2.33. The van der Waals surface area contributed by atoms with Crippen molar-refractivity contribution in [3.8, 4) is 0 Å². The Morgan fingerprint density at radius 1 is 1.41 bits per heavy atom. The van der Waals surface area contributed by atoms with E-state index in [9.17, 15) is 0 Å². The molecule has 1 saturated heterocycles. The van der Waals surface area contributed by atoms with E-state index >= 15 is 0 Å². The predicted octanol–water partition coefficient (Wildman–Crippen LogP) is 2.43. The molecule has 0 bridgehead atoms. The second-order valence-corrected chi connectivity index (χ2v) is 5.07. The van der Waals surface area contributed by atoms with Crippen LogP contribution in [0.2, 0.25) is 0 Å². The highest BCUT2D eigenvalue weighted by Gasteiger charge is 2.25. The molecule has 1 aliphatic rings. The fourth-order valence-corrected chi connectivity index (χ4v) is 2.57. The van der Waals surface area contributed by atoms with Crippen LogP contribution >= 0.6 is 0 Å². The van der Waals surface area contributed by atoms with E-state index in [0.29, 0.717) is 6.04 Å². The number of pyridine rings is 1. The summed E-state index contributed by atoms with van der Waals surface area (Å²) in [6, 6.07) is 6.92. The van der Waals surface area contributed by atoms with Gasteiger partial charge in [-0.25, -0.2) is 4.98 Å². The Bertz CT molecular complexity index is 364. The molecule has 1 fully saturated rings. The first kappa shape index (κ1) is 12.4. The molecule has 0 spiro atoms. The number of anilines is 1. The highest BCUT2D eigenvalue weighted by atomic mass is 15.2. The Labute approximate surface area is 104 Å². The lowest BCUT2D eigenvalue weighted by molar-refractivity contribution is 0.361. The zero-order chi connectivity index (χ0) is 12.3. The summed E-state index contributed by atoms with van der Waals surface area (Å²) in [7, 11) is 1.96. The number of nitrogens with one attached hydrogen (secondary N) is 1. The van der Waals surface area contributed by atoms with Crippen molar-refractivity contribution in [2.45, 2.75) is 39.3 Å². The summed E-state index contributed by atoms with van der Waals surface area (Å²) in [5, 5.41) is 3.15. The van der Waals surface area contributed by atoms with E-state index in [-0.39, 0.29) is 0 Å². The topological polar surface area (TPSA) is 28.2 Å². The smallest absolute Gasteiger partial charge is 0.129 e. The van der Waals surface area contributed by atoms with Gasteiger partial charge in [-0.1, -0.05) is 13.0 Å². The van der Waals surface area contributed by atoms with Gasteiger partial charge in [0.2, 0.25) is 0 Å². The summed E-state index contributed by atoms with van der Waals surface area (Å²) in [6.45, 7) is 6.64. The zero-order valence-electron chi connectivity index (χ0n) is 11.1. The van der Waals surface area contributed by atoms with Crippen LogP contribution in [-0.4, -0.2) is 24.6 Å². The van der Waals surface area contributed by atoms with Crippen LogP contribution in [0.4, 0.5) is 5.82 Å². The van der Waals surface area contributed by atoms with Crippen molar-refractivity contribution in [1.82, 2.24) is 10.3 Å². The lowest BCUT2D eigenvalue weighted by atomic mass is 9.92. The Morgan fingerprint density at radius 3 is 3.00 bits per heavy atom. The first-order chi connectivity index (χ1) is 8.22. The first-order valence-corrected chi connectivity index (χ1v) is 6.59. The third-order valence-corrected chi connectivity index (χ3v) is 3.82. The van der Waals surface area contributed by atoms with Crippen LogP contribution in [-0.2, 0) is 6.54 Å². The Kier molecular flexibility index (Phi) is 4.00. The van der Waals surface area contributed by atoms with E-state index in [1.165, 1.54) is 12.8 Å². The minimum Gasteiger partial charge on any atom is -0.354 e. The number of hydrogen-bond donors (Lipinski definition) is 1. The van der Waals surface area contributed by atoms with Gasteiger partial charge in [0.1, 0.15) is 5.82 Å². The summed E-state index contributed by atoms with van der Waals surface area (Å²) in [5.41, 5.74) is 1.12. The molecular weight excluding hydrogens is 210 g/mol. The van der Waals surface area contributed by atoms with E-state index in [1.54, 1.807) is 0 Å². The molecule has 2 atom stereocenters. The molecule has 94 valence electrons. The molecule has 3 heteroatoms. The molecule has 0 saturated carbocycles. The van der Waals surface area contributed by atoms with Crippen molar-refractivity contribution in [2.75, 3.05) is 18.5 Å². The van der Waals surface area contributed by atoms with Crippen molar-refractivity contribution in [3.63, 3.8) is 0 Å². The number of aromatic nitrogens is 1. The van der Waals surface area contributed by atoms with Gasteiger partial charge < -0.3 is 10.2 Å². The predicted molar refractivity (Wildman–Crippen MR) is 72.2 cm³/mol. The van der Waals surface area contributed by atoms with E-state index in [2.05, 4.69) is 42.3 Å². The van der Waals surface area contributed by atoms with Crippen molar-refractivity contribution in [1.29, 1.82) is 0 Å². The van der Waals surface area contributed by atoms with Crippen LogP contribution in [0.1, 0.15) is 32.4 Å². The molecule has 2 heterocycles. The third kappa shape index (κ3) is 2.78. The number of hydrogen-bond acceptors (Lipinski definition) is 3. The first-order valence-electron chi connectivity index (χ1n) is 6.59. The minimum atomic E-state index is 0.598. The quantitative estimate of drug-likeness (QED) is 0.869. The molecule has 1 aliphatic heterocycles. The van der Waals surface area contributed by atoms with Crippen LogP contribution in [0.15, 0.2) is 18.2 Å². The molecule has 2 unspecified atom stereocenters. The highest BCUT2D eigenvalue weighted by Crippen LogP contribution is 2.27. The summed E-state index contributed by atoms with van der Waals surface area (Å²) in [4.78, 5) is 7.19. The summed E-state index contributed by atoms with van der Waals surface area (Å²) >= 11 is 0. The van der Waals surface area contributed by atoms with E-state index in [4.69, 9.17) is 4.98 Å². The Balaban J connectivity index is 2.17. The average molecular weight is 233 g/mol. The normalized spacial score (nSPS) is 25.0. The van der Waals surface area contributed by atoms with Gasteiger partial charge in [0.25, 0.3) is 0 Å². The highest BCUT2D eigenvalue weighted by molar-refractivity contribution is 5.41. The monoisotopic (exact) mass is 233 g/mol. The maximum atomic E-state index is 4.73. The van der Waals surface area contributed by atoms with Crippen molar-refractivity contribution >= 4 is 5.82 Å². The van der Waals surface area contributed by atoms with Crippen LogP contribution in [0, 0.1) is 5.92 Å². The molecule has 0 aromatic carbocycles. The van der Waals surface area contributed by atoms with Crippen LogP contribution < -0.4 is 10.2 Å². The number of rotatable bonds is 3. The summed E-state index contributed by atoms with van der Waals surface area (Å²) in [6.07, 6.45) is 2.62.